The van der Waals surface area contributed by atoms with Crippen molar-refractivity contribution in [3.63, 3.8) is 0 Å². The van der Waals surface area contributed by atoms with Gasteiger partial charge >= 0.3 is 0 Å². The van der Waals surface area contributed by atoms with Crippen LogP contribution in [0.25, 0.3) is 5.69 Å². The predicted octanol–water partition coefficient (Wildman–Crippen LogP) is 4.67. The van der Waals surface area contributed by atoms with Gasteiger partial charge in [-0.1, -0.05) is 13.8 Å². The molecule has 2 aromatic rings. The Bertz CT molecular complexity index is 726. The number of hydrogen-bond acceptors (Lipinski definition) is 1. The van der Waals surface area contributed by atoms with Crippen LogP contribution in [-0.2, 0) is 6.42 Å². The summed E-state index contributed by atoms with van der Waals surface area (Å²) in [7, 11) is 0. The number of nitrogens with zero attached hydrogens (tertiary/aromatic N) is 1. The third-order valence-electron chi connectivity index (χ3n) is 3.80. The zero-order valence-corrected chi connectivity index (χ0v) is 13.3. The molecule has 1 aliphatic carbocycles. The van der Waals surface area contributed by atoms with Gasteiger partial charge in [-0.2, -0.15) is 0 Å². The molecule has 0 aliphatic heterocycles. The fraction of sp³-hybridized carbons (Fsp3) is 0.312. The lowest BCUT2D eigenvalue weighted by molar-refractivity contribution is 0.0911. The Morgan fingerprint density at radius 3 is 2.62 bits per heavy atom. The van der Waals surface area contributed by atoms with Crippen molar-refractivity contribution in [3.05, 3.63) is 51.8 Å². The number of carbonyl (C=O) groups is 1. The molecule has 0 spiro atoms. The Hall–Kier alpha value is -1.49. The SMILES string of the molecule is CC1(C)CC(=O)c2ccn(-c3c(F)cc(F)cc3Br)c2C1. The standard InChI is InChI=1S/C16H14BrF2NO/c1-16(2)7-13-10(14(21)8-16)3-4-20(13)15-11(17)5-9(18)6-12(15)19/h3-6H,7-8H2,1-2H3. The number of halogens is 3. The summed E-state index contributed by atoms with van der Waals surface area (Å²) in [5.41, 5.74) is 1.49. The molecule has 5 heteroatoms. The molecule has 1 heterocycles. The van der Waals surface area contributed by atoms with Gasteiger partial charge in [-0.05, 0) is 39.9 Å². The lowest BCUT2D eigenvalue weighted by Crippen LogP contribution is -2.27. The average molecular weight is 354 g/mol. The third-order valence-corrected chi connectivity index (χ3v) is 4.40. The van der Waals surface area contributed by atoms with E-state index in [2.05, 4.69) is 15.9 Å². The van der Waals surface area contributed by atoms with E-state index >= 15 is 0 Å². The van der Waals surface area contributed by atoms with Crippen molar-refractivity contribution in [3.8, 4) is 5.69 Å². The maximum Gasteiger partial charge on any atom is 0.165 e. The molecule has 0 N–H and O–H groups in total. The van der Waals surface area contributed by atoms with Crippen LogP contribution in [0.15, 0.2) is 28.9 Å². The maximum atomic E-state index is 14.2. The van der Waals surface area contributed by atoms with E-state index in [0.717, 1.165) is 11.8 Å². The van der Waals surface area contributed by atoms with E-state index in [1.54, 1.807) is 16.8 Å². The molecule has 0 saturated heterocycles. The number of aromatic nitrogens is 1. The monoisotopic (exact) mass is 353 g/mol. The summed E-state index contributed by atoms with van der Waals surface area (Å²) in [5, 5.41) is 0. The first kappa shape index (κ1) is 14.4. The Morgan fingerprint density at radius 2 is 1.95 bits per heavy atom. The smallest absolute Gasteiger partial charge is 0.165 e. The van der Waals surface area contributed by atoms with Crippen molar-refractivity contribution in [2.24, 2.45) is 5.41 Å². The number of benzene rings is 1. The minimum atomic E-state index is -0.656. The summed E-state index contributed by atoms with van der Waals surface area (Å²) in [4.78, 5) is 12.2. The fourth-order valence-corrected chi connectivity index (χ4v) is 3.52. The number of ketones is 1. The topological polar surface area (TPSA) is 22.0 Å². The van der Waals surface area contributed by atoms with Gasteiger partial charge in [0.15, 0.2) is 11.6 Å². The lowest BCUT2D eigenvalue weighted by atomic mass is 9.76. The minimum Gasteiger partial charge on any atom is -0.317 e. The molecule has 0 radical (unpaired) electrons. The molecule has 1 aliphatic rings. The summed E-state index contributed by atoms with van der Waals surface area (Å²) in [6.07, 6.45) is 2.83. The average Bonchev–Trinajstić information content (AvgIpc) is 2.70. The highest BCUT2D eigenvalue weighted by Crippen LogP contribution is 2.37. The van der Waals surface area contributed by atoms with Crippen molar-refractivity contribution in [1.29, 1.82) is 0 Å². The first-order valence-electron chi connectivity index (χ1n) is 6.67. The highest BCUT2D eigenvalue weighted by molar-refractivity contribution is 9.10. The third kappa shape index (κ3) is 2.44. The van der Waals surface area contributed by atoms with Crippen molar-refractivity contribution in [2.75, 3.05) is 0 Å². The molecule has 0 amide bonds. The number of carbonyl (C=O) groups excluding carboxylic acids is 1. The number of fused-ring (bicyclic) bond motifs is 1. The number of rotatable bonds is 1. The molecular formula is C16H14BrF2NO. The second kappa shape index (κ2) is 4.77. The Morgan fingerprint density at radius 1 is 1.24 bits per heavy atom. The van der Waals surface area contributed by atoms with Crippen LogP contribution in [0.3, 0.4) is 0 Å². The fourth-order valence-electron chi connectivity index (χ4n) is 2.92. The molecule has 1 aromatic heterocycles. The van der Waals surface area contributed by atoms with Gasteiger partial charge in [0.1, 0.15) is 5.82 Å². The molecule has 21 heavy (non-hydrogen) atoms. The van der Waals surface area contributed by atoms with E-state index in [9.17, 15) is 13.6 Å². The molecule has 0 saturated carbocycles. The van der Waals surface area contributed by atoms with Crippen molar-refractivity contribution in [1.82, 2.24) is 4.57 Å². The molecule has 0 atom stereocenters. The van der Waals surface area contributed by atoms with E-state index in [4.69, 9.17) is 0 Å². The summed E-state index contributed by atoms with van der Waals surface area (Å²) in [6.45, 7) is 4.03. The maximum absolute atomic E-state index is 14.2. The molecule has 1 aromatic carbocycles. The van der Waals surface area contributed by atoms with Gasteiger partial charge in [0.25, 0.3) is 0 Å². The molecular weight excluding hydrogens is 340 g/mol. The van der Waals surface area contributed by atoms with Crippen molar-refractivity contribution < 1.29 is 13.6 Å². The molecule has 0 bridgehead atoms. The van der Waals surface area contributed by atoms with Crippen molar-refractivity contribution >= 4 is 21.7 Å². The quantitative estimate of drug-likeness (QED) is 0.729. The van der Waals surface area contributed by atoms with Crippen LogP contribution in [0.4, 0.5) is 8.78 Å². The van der Waals surface area contributed by atoms with E-state index in [1.807, 2.05) is 13.8 Å². The number of Topliss-reactive ketones (excluding diaryl/α,β-unsaturated/α-hetero) is 1. The Balaban J connectivity index is 2.21. The van der Waals surface area contributed by atoms with Gasteiger partial charge < -0.3 is 4.57 Å². The van der Waals surface area contributed by atoms with E-state index in [0.29, 0.717) is 22.9 Å². The van der Waals surface area contributed by atoms with Crippen LogP contribution in [0.1, 0.15) is 36.3 Å². The van der Waals surface area contributed by atoms with E-state index < -0.39 is 11.6 Å². The van der Waals surface area contributed by atoms with Gasteiger partial charge in [0.05, 0.1) is 5.69 Å². The van der Waals surface area contributed by atoms with Crippen LogP contribution < -0.4 is 0 Å². The zero-order valence-electron chi connectivity index (χ0n) is 11.7. The normalized spacial score (nSPS) is 16.9. The summed E-state index contributed by atoms with van der Waals surface area (Å²) >= 11 is 3.21. The van der Waals surface area contributed by atoms with Gasteiger partial charge in [-0.3, -0.25) is 4.79 Å². The zero-order chi connectivity index (χ0) is 15.4. The first-order chi connectivity index (χ1) is 9.78. The molecule has 0 unspecified atom stereocenters. The van der Waals surface area contributed by atoms with Gasteiger partial charge in [-0.25, -0.2) is 8.78 Å². The van der Waals surface area contributed by atoms with Crippen molar-refractivity contribution in [2.45, 2.75) is 26.7 Å². The molecule has 3 rings (SSSR count). The summed E-state index contributed by atoms with van der Waals surface area (Å²) < 4.78 is 29.4. The van der Waals surface area contributed by atoms with Crippen LogP contribution in [0, 0.1) is 17.0 Å². The highest BCUT2D eigenvalue weighted by atomic mass is 79.9. The van der Waals surface area contributed by atoms with Crippen LogP contribution in [0.2, 0.25) is 0 Å². The Labute approximate surface area is 129 Å². The highest BCUT2D eigenvalue weighted by Gasteiger charge is 2.33. The second-order valence-electron chi connectivity index (χ2n) is 6.21. The Kier molecular flexibility index (Phi) is 3.28. The predicted molar refractivity (Wildman–Crippen MR) is 79.8 cm³/mol. The molecule has 2 nitrogen and oxygen atoms in total. The van der Waals surface area contributed by atoms with Crippen LogP contribution >= 0.6 is 15.9 Å². The van der Waals surface area contributed by atoms with E-state index in [-0.39, 0.29) is 16.9 Å². The van der Waals surface area contributed by atoms with E-state index in [1.165, 1.54) is 6.07 Å². The van der Waals surface area contributed by atoms with Gasteiger partial charge in [0.2, 0.25) is 0 Å². The number of hydrogen-bond donors (Lipinski definition) is 0. The van der Waals surface area contributed by atoms with Crippen LogP contribution in [-0.4, -0.2) is 10.4 Å². The summed E-state index contributed by atoms with van der Waals surface area (Å²) in [6, 6.07) is 3.78. The molecule has 110 valence electrons. The summed E-state index contributed by atoms with van der Waals surface area (Å²) in [5.74, 6) is -1.23. The van der Waals surface area contributed by atoms with Gasteiger partial charge in [0, 0.05) is 34.4 Å². The first-order valence-corrected chi connectivity index (χ1v) is 7.46. The van der Waals surface area contributed by atoms with Gasteiger partial charge in [-0.15, -0.1) is 0 Å². The lowest BCUT2D eigenvalue weighted by Gasteiger charge is -2.30. The molecule has 0 fully saturated rings. The van der Waals surface area contributed by atoms with Crippen LogP contribution in [0.5, 0.6) is 0 Å². The second-order valence-corrected chi connectivity index (χ2v) is 7.06. The largest absolute Gasteiger partial charge is 0.317 e. The minimum absolute atomic E-state index is 0.0682.